The first kappa shape index (κ1) is 9.53. The van der Waals surface area contributed by atoms with Crippen LogP contribution in [0.2, 0.25) is 0 Å². The van der Waals surface area contributed by atoms with E-state index in [-0.39, 0.29) is 12.2 Å². The normalized spacial score (nSPS) is 22.7. The zero-order valence-corrected chi connectivity index (χ0v) is 8.15. The van der Waals surface area contributed by atoms with E-state index in [1.54, 1.807) is 13.0 Å². The SMILES string of the molecule is CC1(C#N)COc2ccc(C(=O)O)cc21. The highest BCUT2D eigenvalue weighted by Crippen LogP contribution is 2.38. The average Bonchev–Trinajstić information content (AvgIpc) is 2.57. The van der Waals surface area contributed by atoms with Crippen molar-refractivity contribution >= 4 is 5.97 Å². The van der Waals surface area contributed by atoms with E-state index < -0.39 is 11.4 Å². The number of aromatic carboxylic acids is 1. The van der Waals surface area contributed by atoms with Gasteiger partial charge in [-0.15, -0.1) is 0 Å². The third-order valence-electron chi connectivity index (χ3n) is 2.58. The van der Waals surface area contributed by atoms with Gasteiger partial charge in [0.15, 0.2) is 0 Å². The van der Waals surface area contributed by atoms with E-state index in [1.165, 1.54) is 12.1 Å². The Hall–Kier alpha value is -2.02. The summed E-state index contributed by atoms with van der Waals surface area (Å²) in [5.74, 6) is -0.394. The molecule has 0 radical (unpaired) electrons. The minimum atomic E-state index is -0.995. The summed E-state index contributed by atoms with van der Waals surface area (Å²) >= 11 is 0. The number of fused-ring (bicyclic) bond motifs is 1. The molecule has 1 atom stereocenters. The van der Waals surface area contributed by atoms with Crippen LogP contribution in [0.15, 0.2) is 18.2 Å². The fourth-order valence-electron chi connectivity index (χ4n) is 1.61. The van der Waals surface area contributed by atoms with Crippen LogP contribution in [0, 0.1) is 11.3 Å². The molecule has 76 valence electrons. The Morgan fingerprint density at radius 2 is 2.40 bits per heavy atom. The minimum Gasteiger partial charge on any atom is -0.491 e. The largest absolute Gasteiger partial charge is 0.491 e. The molecule has 1 aromatic carbocycles. The van der Waals surface area contributed by atoms with E-state index >= 15 is 0 Å². The Bertz CT molecular complexity index is 475. The summed E-state index contributed by atoms with van der Waals surface area (Å²) in [7, 11) is 0. The van der Waals surface area contributed by atoms with Gasteiger partial charge in [-0.25, -0.2) is 4.79 Å². The summed E-state index contributed by atoms with van der Waals surface area (Å²) in [6.07, 6.45) is 0. The summed E-state index contributed by atoms with van der Waals surface area (Å²) in [5.41, 5.74) is 0.103. The predicted molar refractivity (Wildman–Crippen MR) is 51.9 cm³/mol. The molecule has 0 amide bonds. The first-order chi connectivity index (χ1) is 7.07. The van der Waals surface area contributed by atoms with Crippen LogP contribution in [-0.2, 0) is 5.41 Å². The van der Waals surface area contributed by atoms with Crippen LogP contribution in [0.1, 0.15) is 22.8 Å². The van der Waals surface area contributed by atoms with Gasteiger partial charge < -0.3 is 9.84 Å². The monoisotopic (exact) mass is 203 g/mol. The second-order valence-corrected chi connectivity index (χ2v) is 3.75. The van der Waals surface area contributed by atoms with Crippen molar-refractivity contribution in [3.05, 3.63) is 29.3 Å². The maximum atomic E-state index is 10.8. The van der Waals surface area contributed by atoms with Crippen LogP contribution in [-0.4, -0.2) is 17.7 Å². The maximum absolute atomic E-state index is 10.8. The lowest BCUT2D eigenvalue weighted by molar-refractivity contribution is 0.0697. The molecular weight excluding hydrogens is 194 g/mol. The highest BCUT2D eigenvalue weighted by Gasteiger charge is 2.37. The Balaban J connectivity index is 2.57. The van der Waals surface area contributed by atoms with Crippen LogP contribution in [0.3, 0.4) is 0 Å². The third kappa shape index (κ3) is 1.33. The molecule has 0 aliphatic carbocycles. The number of rotatable bonds is 1. The van der Waals surface area contributed by atoms with Gasteiger partial charge in [0.25, 0.3) is 0 Å². The van der Waals surface area contributed by atoms with Gasteiger partial charge >= 0.3 is 5.97 Å². The molecular formula is C11H9NO3. The molecule has 0 aromatic heterocycles. The number of benzene rings is 1. The maximum Gasteiger partial charge on any atom is 0.335 e. The molecule has 1 aliphatic rings. The summed E-state index contributed by atoms with van der Waals surface area (Å²) in [5, 5.41) is 17.9. The second-order valence-electron chi connectivity index (χ2n) is 3.75. The van der Waals surface area contributed by atoms with Gasteiger partial charge in [0.05, 0.1) is 11.6 Å². The number of hydrogen-bond donors (Lipinski definition) is 1. The molecule has 0 bridgehead atoms. The summed E-state index contributed by atoms with van der Waals surface area (Å²) in [4.78, 5) is 10.8. The second kappa shape index (κ2) is 2.99. The van der Waals surface area contributed by atoms with Crippen LogP contribution in [0.5, 0.6) is 5.75 Å². The topological polar surface area (TPSA) is 70.3 Å². The van der Waals surface area contributed by atoms with Crippen molar-refractivity contribution in [2.75, 3.05) is 6.61 Å². The van der Waals surface area contributed by atoms with Gasteiger partial charge in [0.2, 0.25) is 0 Å². The standard InChI is InChI=1S/C11H9NO3/c1-11(5-12)6-15-9-3-2-7(10(13)14)4-8(9)11/h2-4H,6H2,1H3,(H,13,14). The third-order valence-corrected chi connectivity index (χ3v) is 2.58. The number of carbonyl (C=O) groups is 1. The number of carboxylic acids is 1. The lowest BCUT2D eigenvalue weighted by Gasteiger charge is -2.11. The zero-order valence-electron chi connectivity index (χ0n) is 8.15. The molecule has 0 saturated carbocycles. The molecule has 1 aromatic rings. The van der Waals surface area contributed by atoms with Crippen molar-refractivity contribution in [2.45, 2.75) is 12.3 Å². The lowest BCUT2D eigenvalue weighted by atomic mass is 9.85. The molecule has 1 unspecified atom stereocenters. The molecule has 15 heavy (non-hydrogen) atoms. The Kier molecular flexibility index (Phi) is 1.90. The fraction of sp³-hybridized carbons (Fsp3) is 0.273. The van der Waals surface area contributed by atoms with Crippen molar-refractivity contribution in [3.8, 4) is 11.8 Å². The highest BCUT2D eigenvalue weighted by atomic mass is 16.5. The lowest BCUT2D eigenvalue weighted by Crippen LogP contribution is -2.21. The predicted octanol–water partition coefficient (Wildman–Crippen LogP) is 1.56. The Morgan fingerprint density at radius 1 is 1.67 bits per heavy atom. The molecule has 1 aliphatic heterocycles. The van der Waals surface area contributed by atoms with Crippen molar-refractivity contribution in [1.82, 2.24) is 0 Å². The van der Waals surface area contributed by atoms with E-state index in [0.717, 1.165) is 0 Å². The molecule has 0 fully saturated rings. The first-order valence-corrected chi connectivity index (χ1v) is 4.49. The van der Waals surface area contributed by atoms with Crippen molar-refractivity contribution < 1.29 is 14.6 Å². The van der Waals surface area contributed by atoms with E-state index in [9.17, 15) is 4.79 Å². The average molecular weight is 203 g/mol. The van der Waals surface area contributed by atoms with Crippen molar-refractivity contribution in [3.63, 3.8) is 0 Å². The Morgan fingerprint density at radius 3 is 3.00 bits per heavy atom. The molecule has 4 nitrogen and oxygen atoms in total. The molecule has 0 saturated heterocycles. The molecule has 1 N–H and O–H groups in total. The molecule has 1 heterocycles. The summed E-state index contributed by atoms with van der Waals surface area (Å²) < 4.78 is 5.32. The van der Waals surface area contributed by atoms with E-state index in [0.29, 0.717) is 11.3 Å². The van der Waals surface area contributed by atoms with Crippen LogP contribution in [0.25, 0.3) is 0 Å². The Labute approximate surface area is 86.7 Å². The first-order valence-electron chi connectivity index (χ1n) is 4.49. The number of hydrogen-bond acceptors (Lipinski definition) is 3. The van der Waals surface area contributed by atoms with Gasteiger partial charge in [-0.3, -0.25) is 0 Å². The number of nitriles is 1. The molecule has 0 spiro atoms. The van der Waals surface area contributed by atoms with E-state index in [2.05, 4.69) is 6.07 Å². The van der Waals surface area contributed by atoms with Crippen molar-refractivity contribution in [1.29, 1.82) is 5.26 Å². The van der Waals surface area contributed by atoms with Crippen LogP contribution in [0.4, 0.5) is 0 Å². The van der Waals surface area contributed by atoms with Crippen LogP contribution < -0.4 is 4.74 Å². The fourth-order valence-corrected chi connectivity index (χ4v) is 1.61. The molecule has 4 heteroatoms. The van der Waals surface area contributed by atoms with Gasteiger partial charge in [-0.2, -0.15) is 5.26 Å². The minimum absolute atomic E-state index is 0.181. The number of nitrogens with zero attached hydrogens (tertiary/aromatic N) is 1. The zero-order chi connectivity index (χ0) is 11.1. The van der Waals surface area contributed by atoms with Gasteiger partial charge in [0, 0.05) is 5.56 Å². The van der Waals surface area contributed by atoms with E-state index in [4.69, 9.17) is 15.1 Å². The smallest absolute Gasteiger partial charge is 0.335 e. The van der Waals surface area contributed by atoms with Gasteiger partial charge in [-0.1, -0.05) is 0 Å². The van der Waals surface area contributed by atoms with Crippen LogP contribution >= 0.6 is 0 Å². The quantitative estimate of drug-likeness (QED) is 0.751. The highest BCUT2D eigenvalue weighted by molar-refractivity contribution is 5.88. The van der Waals surface area contributed by atoms with Gasteiger partial charge in [-0.05, 0) is 25.1 Å². The van der Waals surface area contributed by atoms with Crippen molar-refractivity contribution in [2.24, 2.45) is 0 Å². The summed E-state index contributed by atoms with van der Waals surface area (Å²) in [6.45, 7) is 2.02. The van der Waals surface area contributed by atoms with Gasteiger partial charge in [0.1, 0.15) is 17.8 Å². The number of ether oxygens (including phenoxy) is 1. The number of carboxylic acid groups (broad SMARTS) is 1. The molecule has 2 rings (SSSR count). The van der Waals surface area contributed by atoms with E-state index in [1.807, 2.05) is 0 Å². The summed E-state index contributed by atoms with van der Waals surface area (Å²) in [6, 6.07) is 6.73.